The van der Waals surface area contributed by atoms with E-state index in [1.807, 2.05) is 0 Å². The van der Waals surface area contributed by atoms with Gasteiger partial charge in [0.15, 0.2) is 0 Å². The van der Waals surface area contributed by atoms with Gasteiger partial charge in [-0.05, 0) is 55.0 Å². The number of halogens is 1. The highest BCUT2D eigenvalue weighted by molar-refractivity contribution is 7.89. The summed E-state index contributed by atoms with van der Waals surface area (Å²) < 4.78 is 27.7. The molecular weight excluding hydrogens is 362 g/mol. The van der Waals surface area contributed by atoms with Crippen molar-refractivity contribution in [2.75, 3.05) is 37.6 Å². The summed E-state index contributed by atoms with van der Waals surface area (Å²) in [5, 5.41) is 3.36. The normalized spacial score (nSPS) is 26.0. The van der Waals surface area contributed by atoms with Gasteiger partial charge in [0.2, 0.25) is 15.9 Å². The number of anilines is 1. The summed E-state index contributed by atoms with van der Waals surface area (Å²) in [5.41, 5.74) is 1.91. The molecule has 138 valence electrons. The first kappa shape index (κ1) is 18.6. The number of sulfonamides is 1. The maximum absolute atomic E-state index is 13.0. The van der Waals surface area contributed by atoms with Crippen molar-refractivity contribution in [2.24, 2.45) is 5.41 Å². The first-order valence-electron chi connectivity index (χ1n) is 8.53. The number of hydrogen-bond donors (Lipinski definition) is 1. The number of fused-ring (bicyclic) bond motifs is 1. The van der Waals surface area contributed by atoms with Crippen LogP contribution in [-0.2, 0) is 21.2 Å². The third-order valence-corrected chi connectivity index (χ3v) is 7.54. The van der Waals surface area contributed by atoms with Crippen LogP contribution in [0.2, 0.25) is 0 Å². The molecule has 1 N–H and O–H groups in total. The quantitative estimate of drug-likeness (QED) is 0.835. The van der Waals surface area contributed by atoms with Gasteiger partial charge in [-0.15, -0.1) is 12.4 Å². The molecule has 1 aromatic carbocycles. The van der Waals surface area contributed by atoms with Gasteiger partial charge >= 0.3 is 0 Å². The van der Waals surface area contributed by atoms with Crippen LogP contribution in [0.15, 0.2) is 23.1 Å². The standard InChI is InChI=1S/C17H23N3O3S.ClH/c1-13(21)20-8-4-14-10-15(2-3-16(14)20)24(22,23)19-9-6-17(12-19)5-7-18-11-17;/h2-3,10,18H,4-9,11-12H2,1H3;1H. The smallest absolute Gasteiger partial charge is 0.243 e. The molecule has 0 aliphatic carbocycles. The number of nitrogens with zero attached hydrogens (tertiary/aromatic N) is 2. The van der Waals surface area contributed by atoms with Crippen molar-refractivity contribution in [1.29, 1.82) is 0 Å². The molecular formula is C17H24ClN3O3S. The Labute approximate surface area is 155 Å². The van der Waals surface area contributed by atoms with Gasteiger partial charge in [-0.1, -0.05) is 0 Å². The summed E-state index contributed by atoms with van der Waals surface area (Å²) in [5.74, 6) is -0.000393. The molecule has 0 bridgehead atoms. The Morgan fingerprint density at radius 1 is 1.24 bits per heavy atom. The molecule has 3 heterocycles. The first-order valence-corrected chi connectivity index (χ1v) is 9.97. The van der Waals surface area contributed by atoms with Crippen molar-refractivity contribution < 1.29 is 13.2 Å². The lowest BCUT2D eigenvalue weighted by atomic mass is 9.87. The molecule has 2 fully saturated rings. The number of carbonyl (C=O) groups is 1. The number of hydrogen-bond acceptors (Lipinski definition) is 4. The van der Waals surface area contributed by atoms with E-state index in [1.54, 1.807) is 34.3 Å². The van der Waals surface area contributed by atoms with Crippen molar-refractivity contribution in [3.05, 3.63) is 23.8 Å². The fraction of sp³-hybridized carbons (Fsp3) is 0.588. The van der Waals surface area contributed by atoms with Crippen LogP contribution in [0.5, 0.6) is 0 Å². The van der Waals surface area contributed by atoms with Gasteiger partial charge < -0.3 is 10.2 Å². The van der Waals surface area contributed by atoms with Crippen LogP contribution in [0, 0.1) is 5.41 Å². The Morgan fingerprint density at radius 3 is 2.72 bits per heavy atom. The summed E-state index contributed by atoms with van der Waals surface area (Å²) in [7, 11) is -3.46. The predicted octanol–water partition coefficient (Wildman–Crippen LogP) is 1.39. The number of benzene rings is 1. The van der Waals surface area contributed by atoms with E-state index >= 15 is 0 Å². The molecule has 25 heavy (non-hydrogen) atoms. The molecule has 0 aromatic heterocycles. The fourth-order valence-electron chi connectivity index (χ4n) is 4.26. The zero-order valence-electron chi connectivity index (χ0n) is 14.3. The van der Waals surface area contributed by atoms with Gasteiger partial charge in [0.05, 0.1) is 4.90 Å². The minimum Gasteiger partial charge on any atom is -0.316 e. The zero-order chi connectivity index (χ0) is 16.9. The zero-order valence-corrected chi connectivity index (χ0v) is 16.0. The van der Waals surface area contributed by atoms with Crippen LogP contribution in [0.1, 0.15) is 25.3 Å². The van der Waals surface area contributed by atoms with Crippen LogP contribution in [0.4, 0.5) is 5.69 Å². The van der Waals surface area contributed by atoms with E-state index in [0.717, 1.165) is 37.2 Å². The van der Waals surface area contributed by atoms with Gasteiger partial charge in [0.1, 0.15) is 0 Å². The average molecular weight is 386 g/mol. The Morgan fingerprint density at radius 2 is 2.04 bits per heavy atom. The molecule has 0 saturated carbocycles. The summed E-state index contributed by atoms with van der Waals surface area (Å²) in [6.07, 6.45) is 2.70. The molecule has 2 saturated heterocycles. The third-order valence-electron chi connectivity index (χ3n) is 5.70. The van der Waals surface area contributed by atoms with E-state index in [9.17, 15) is 13.2 Å². The highest BCUT2D eigenvalue weighted by Crippen LogP contribution is 2.39. The first-order chi connectivity index (χ1) is 11.4. The maximum Gasteiger partial charge on any atom is 0.243 e. The monoisotopic (exact) mass is 385 g/mol. The molecule has 0 radical (unpaired) electrons. The molecule has 4 rings (SSSR count). The molecule has 6 nitrogen and oxygen atoms in total. The topological polar surface area (TPSA) is 69.7 Å². The van der Waals surface area contributed by atoms with E-state index in [1.165, 1.54) is 0 Å². The number of rotatable bonds is 2. The molecule has 1 aromatic rings. The summed E-state index contributed by atoms with van der Waals surface area (Å²) in [6.45, 7) is 5.27. The summed E-state index contributed by atoms with van der Waals surface area (Å²) in [6, 6.07) is 5.18. The highest BCUT2D eigenvalue weighted by Gasteiger charge is 2.44. The summed E-state index contributed by atoms with van der Waals surface area (Å²) in [4.78, 5) is 13.7. The van der Waals surface area contributed by atoms with Crippen LogP contribution >= 0.6 is 12.4 Å². The van der Waals surface area contributed by atoms with Gasteiger partial charge in [-0.25, -0.2) is 8.42 Å². The van der Waals surface area contributed by atoms with Gasteiger partial charge in [0, 0.05) is 38.8 Å². The molecule has 1 spiro atoms. The maximum atomic E-state index is 13.0. The number of amides is 1. The van der Waals surface area contributed by atoms with Crippen molar-refractivity contribution >= 4 is 34.0 Å². The Hall–Kier alpha value is -1.15. The van der Waals surface area contributed by atoms with Gasteiger partial charge in [-0.3, -0.25) is 4.79 Å². The lowest BCUT2D eigenvalue weighted by Gasteiger charge is -2.23. The minimum atomic E-state index is -3.46. The predicted molar refractivity (Wildman–Crippen MR) is 98.7 cm³/mol. The van der Waals surface area contributed by atoms with E-state index in [0.29, 0.717) is 31.0 Å². The van der Waals surface area contributed by atoms with Crippen LogP contribution in [0.3, 0.4) is 0 Å². The van der Waals surface area contributed by atoms with Gasteiger partial charge in [-0.2, -0.15) is 4.31 Å². The molecule has 1 unspecified atom stereocenters. The average Bonchev–Trinajstić information content (AvgIpc) is 3.27. The molecule has 1 amide bonds. The fourth-order valence-corrected chi connectivity index (χ4v) is 5.86. The van der Waals surface area contributed by atoms with E-state index in [-0.39, 0.29) is 23.7 Å². The number of nitrogens with one attached hydrogen (secondary N) is 1. The van der Waals surface area contributed by atoms with Crippen LogP contribution < -0.4 is 10.2 Å². The second-order valence-electron chi connectivity index (χ2n) is 7.23. The molecule has 3 aliphatic heterocycles. The van der Waals surface area contributed by atoms with E-state index in [2.05, 4.69) is 5.32 Å². The van der Waals surface area contributed by atoms with E-state index in [4.69, 9.17) is 0 Å². The lowest BCUT2D eigenvalue weighted by Crippen LogP contribution is -2.33. The lowest BCUT2D eigenvalue weighted by molar-refractivity contribution is -0.116. The SMILES string of the molecule is CC(=O)N1CCc2cc(S(=O)(=O)N3CCC4(CCNC4)C3)ccc21.Cl. The Balaban J connectivity index is 0.00000182. The third kappa shape index (κ3) is 3.07. The van der Waals surface area contributed by atoms with Crippen molar-refractivity contribution in [3.8, 4) is 0 Å². The second-order valence-corrected chi connectivity index (χ2v) is 9.16. The molecule has 8 heteroatoms. The molecule has 3 aliphatic rings. The summed E-state index contributed by atoms with van der Waals surface area (Å²) >= 11 is 0. The van der Waals surface area contributed by atoms with Crippen LogP contribution in [-0.4, -0.2) is 51.4 Å². The van der Waals surface area contributed by atoms with E-state index < -0.39 is 10.0 Å². The Bertz CT molecular complexity index is 790. The van der Waals surface area contributed by atoms with Crippen molar-refractivity contribution in [2.45, 2.75) is 31.1 Å². The van der Waals surface area contributed by atoms with Crippen molar-refractivity contribution in [1.82, 2.24) is 9.62 Å². The largest absolute Gasteiger partial charge is 0.316 e. The van der Waals surface area contributed by atoms with Gasteiger partial charge in [0.25, 0.3) is 0 Å². The Kier molecular flexibility index (Phi) is 4.87. The minimum absolute atomic E-state index is 0. The highest BCUT2D eigenvalue weighted by atomic mass is 35.5. The van der Waals surface area contributed by atoms with Crippen molar-refractivity contribution in [3.63, 3.8) is 0 Å². The number of carbonyl (C=O) groups excluding carboxylic acids is 1. The molecule has 1 atom stereocenters. The second kappa shape index (κ2) is 6.54. The van der Waals surface area contributed by atoms with Crippen LogP contribution in [0.25, 0.3) is 0 Å².